The van der Waals surface area contributed by atoms with Gasteiger partial charge in [-0.2, -0.15) is 0 Å². The number of amides is 1. The Hall–Kier alpha value is -3.43. The molecule has 208 valence electrons. The smallest absolute Gasteiger partial charge is 0.326 e. The second kappa shape index (κ2) is 10.2. The van der Waals surface area contributed by atoms with Crippen molar-refractivity contribution in [2.45, 2.75) is 56.5 Å². The second-order valence-electron chi connectivity index (χ2n) is 11.6. The predicted molar refractivity (Wildman–Crippen MR) is 153 cm³/mol. The maximum absolute atomic E-state index is 12.7. The van der Waals surface area contributed by atoms with Crippen LogP contribution in [-0.4, -0.2) is 33.5 Å². The van der Waals surface area contributed by atoms with Gasteiger partial charge in [-0.3, -0.25) is 19.4 Å². The third kappa shape index (κ3) is 4.97. The van der Waals surface area contributed by atoms with Gasteiger partial charge in [0.2, 0.25) is 0 Å². The van der Waals surface area contributed by atoms with Crippen LogP contribution in [0.1, 0.15) is 54.4 Å². The molecule has 1 amide bonds. The highest BCUT2D eigenvalue weighted by Crippen LogP contribution is 2.56. The van der Waals surface area contributed by atoms with Gasteiger partial charge in [-0.15, -0.1) is 0 Å². The number of carboxylic acid groups (broad SMARTS) is 1. The predicted octanol–water partition coefficient (Wildman–Crippen LogP) is 4.73. The molecule has 9 nitrogen and oxygen atoms in total. The Morgan fingerprint density at radius 2 is 1.45 bits per heavy atom. The normalized spacial score (nSPS) is 25.5. The summed E-state index contributed by atoms with van der Waals surface area (Å²) in [5, 5.41) is 19.2. The average Bonchev–Trinajstić information content (AvgIpc) is 2.91. The van der Waals surface area contributed by atoms with E-state index in [1.54, 1.807) is 24.3 Å². The van der Waals surface area contributed by atoms with Gasteiger partial charge in [-0.05, 0) is 74.0 Å². The van der Waals surface area contributed by atoms with Crippen molar-refractivity contribution in [3.05, 3.63) is 78.3 Å². The summed E-state index contributed by atoms with van der Waals surface area (Å²) in [5.41, 5.74) is -0.0102. The molecule has 1 heterocycles. The zero-order chi connectivity index (χ0) is 28.2. The summed E-state index contributed by atoms with van der Waals surface area (Å²) >= 11 is 12.1. The molecule has 1 aromatic heterocycles. The second-order valence-corrected chi connectivity index (χ2v) is 12.4. The fourth-order valence-corrected chi connectivity index (χ4v) is 7.76. The molecule has 7 rings (SSSR count). The number of carbonyl (C=O) groups is 2. The van der Waals surface area contributed by atoms with Gasteiger partial charge in [0.1, 0.15) is 17.4 Å². The van der Waals surface area contributed by atoms with Crippen LogP contribution in [0.4, 0.5) is 17.1 Å². The molecule has 4 aliphatic carbocycles. The van der Waals surface area contributed by atoms with Gasteiger partial charge in [-0.25, -0.2) is 4.79 Å². The van der Waals surface area contributed by atoms with Crippen molar-refractivity contribution in [2.24, 2.45) is 17.8 Å². The first-order valence-electron chi connectivity index (χ1n) is 13.4. The highest BCUT2D eigenvalue weighted by molar-refractivity contribution is 6.39. The molecule has 4 saturated carbocycles. The van der Waals surface area contributed by atoms with E-state index < -0.39 is 28.8 Å². The molecule has 3 aromatic rings. The maximum atomic E-state index is 12.7. The lowest BCUT2D eigenvalue weighted by molar-refractivity contribution is -0.137. The van der Waals surface area contributed by atoms with E-state index >= 15 is 0 Å². The Bertz CT molecular complexity index is 1510. The molecular weight excluding hydrogens is 555 g/mol. The molecule has 0 unspecified atom stereocenters. The van der Waals surface area contributed by atoms with Crippen LogP contribution >= 0.6 is 23.2 Å². The zero-order valence-electron chi connectivity index (χ0n) is 21.5. The quantitative estimate of drug-likeness (QED) is 0.266. The fourth-order valence-electron chi connectivity index (χ4n) is 7.30. The minimum absolute atomic E-state index is 0.0366. The van der Waals surface area contributed by atoms with Gasteiger partial charge in [0, 0.05) is 29.9 Å². The lowest BCUT2D eigenvalue weighted by Crippen LogP contribution is -2.56. The summed E-state index contributed by atoms with van der Waals surface area (Å²) in [6.07, 6.45) is 9.45. The molecule has 4 N–H and O–H groups in total. The number of aliphatic carboxylic acids is 1. The summed E-state index contributed by atoms with van der Waals surface area (Å²) in [7, 11) is 0. The topological polar surface area (TPSA) is 137 Å². The molecule has 11 heteroatoms. The number of halogens is 2. The van der Waals surface area contributed by atoms with E-state index in [0.717, 1.165) is 19.3 Å². The van der Waals surface area contributed by atoms with Crippen molar-refractivity contribution in [1.29, 1.82) is 0 Å². The average molecular weight is 583 g/mol. The summed E-state index contributed by atoms with van der Waals surface area (Å²) in [5.74, 6) is 0.350. The van der Waals surface area contributed by atoms with E-state index in [2.05, 4.69) is 20.9 Å². The number of nitrogens with zero attached hydrogens (tertiary/aromatic N) is 1. The van der Waals surface area contributed by atoms with Crippen molar-refractivity contribution < 1.29 is 14.7 Å². The highest BCUT2D eigenvalue weighted by atomic mass is 35.5. The van der Waals surface area contributed by atoms with Crippen LogP contribution < -0.4 is 26.8 Å². The Balaban J connectivity index is 1.14. The minimum atomic E-state index is -1.16. The van der Waals surface area contributed by atoms with Crippen LogP contribution in [0.15, 0.2) is 46.2 Å². The number of pyridine rings is 1. The lowest BCUT2D eigenvalue weighted by atomic mass is 9.53. The van der Waals surface area contributed by atoms with Crippen molar-refractivity contribution >= 4 is 52.1 Å². The summed E-state index contributed by atoms with van der Waals surface area (Å²) in [6, 6.07) is 5.25. The number of carbonyl (C=O) groups excluding carboxylic acids is 1. The van der Waals surface area contributed by atoms with Gasteiger partial charge < -0.3 is 21.1 Å². The van der Waals surface area contributed by atoms with Crippen LogP contribution in [0.25, 0.3) is 0 Å². The first-order chi connectivity index (χ1) is 19.1. The molecule has 0 radical (unpaired) electrons. The van der Waals surface area contributed by atoms with Crippen molar-refractivity contribution in [3.63, 3.8) is 0 Å². The molecule has 0 saturated heterocycles. The number of anilines is 3. The summed E-state index contributed by atoms with van der Waals surface area (Å²) in [6.45, 7) is 0. The fraction of sp³-hybridized carbons (Fsp3) is 0.414. The minimum Gasteiger partial charge on any atom is -0.480 e. The van der Waals surface area contributed by atoms with Crippen LogP contribution in [0.5, 0.6) is 0 Å². The molecule has 4 fully saturated rings. The lowest BCUT2D eigenvalue weighted by Gasteiger charge is -2.57. The molecular formula is C29H28Cl2N4O5. The molecule has 2 aromatic carbocycles. The number of benzene rings is 1. The monoisotopic (exact) mass is 582 g/mol. The number of hydrogen-bond donors (Lipinski definition) is 4. The van der Waals surface area contributed by atoms with Crippen LogP contribution in [0.2, 0.25) is 10.0 Å². The standard InChI is InChI=1S/C29H28Cl2N4O5/c30-19-12-32-13-20(31)22(19)34-27(38)18-3-1-14(2-4-18)8-21(28(39)40)33-23-24(26(37)25(23)36)35-29-9-15-5-16(10-29)7-17(6-15)11-29/h1-4,12-13,15-17,21,33,35H,5-11H2,(H,39,40)(H,32,34,38)/t15?,16?,17?,21-,29?/m0/s1. The molecule has 4 aliphatic rings. The highest BCUT2D eigenvalue weighted by Gasteiger charge is 2.51. The van der Waals surface area contributed by atoms with Crippen molar-refractivity contribution in [2.75, 3.05) is 16.0 Å². The number of rotatable bonds is 9. The first-order valence-corrected chi connectivity index (χ1v) is 14.2. The van der Waals surface area contributed by atoms with Gasteiger partial charge >= 0.3 is 5.97 Å². The molecule has 4 bridgehead atoms. The van der Waals surface area contributed by atoms with Crippen molar-refractivity contribution in [1.82, 2.24) is 4.98 Å². The van der Waals surface area contributed by atoms with Crippen LogP contribution in [0, 0.1) is 17.8 Å². The van der Waals surface area contributed by atoms with E-state index in [-0.39, 0.29) is 39.1 Å². The maximum Gasteiger partial charge on any atom is 0.326 e. The Kier molecular flexibility index (Phi) is 6.82. The van der Waals surface area contributed by atoms with Crippen molar-refractivity contribution in [3.8, 4) is 0 Å². The Labute approximate surface area is 240 Å². The molecule has 40 heavy (non-hydrogen) atoms. The van der Waals surface area contributed by atoms with E-state index in [9.17, 15) is 24.3 Å². The number of carboxylic acids is 1. The van der Waals surface area contributed by atoms with Gasteiger partial charge in [0.15, 0.2) is 0 Å². The molecule has 1 atom stereocenters. The number of hydrogen-bond acceptors (Lipinski definition) is 7. The number of aromatic nitrogens is 1. The third-order valence-corrected chi connectivity index (χ3v) is 9.28. The van der Waals surface area contributed by atoms with Gasteiger partial charge in [0.05, 0.1) is 15.7 Å². The molecule has 0 aliphatic heterocycles. The van der Waals surface area contributed by atoms with E-state index in [4.69, 9.17) is 23.2 Å². The zero-order valence-corrected chi connectivity index (χ0v) is 23.0. The third-order valence-electron chi connectivity index (χ3n) is 8.70. The van der Waals surface area contributed by atoms with Gasteiger partial charge in [-0.1, -0.05) is 35.3 Å². The SMILES string of the molecule is O=C(Nc1c(Cl)cncc1Cl)c1ccc(C[C@H](Nc2c(NC34CC5CC(CC(C5)C3)C4)c(=O)c2=O)C(=O)O)cc1. The summed E-state index contributed by atoms with van der Waals surface area (Å²) < 4.78 is 0. The molecule has 0 spiro atoms. The first kappa shape index (κ1) is 26.8. The van der Waals surface area contributed by atoms with Crippen LogP contribution in [0.3, 0.4) is 0 Å². The van der Waals surface area contributed by atoms with Crippen LogP contribution in [-0.2, 0) is 11.2 Å². The number of nitrogens with one attached hydrogen (secondary N) is 3. The van der Waals surface area contributed by atoms with E-state index in [1.807, 2.05) is 0 Å². The summed E-state index contributed by atoms with van der Waals surface area (Å²) in [4.78, 5) is 53.7. The largest absolute Gasteiger partial charge is 0.480 e. The van der Waals surface area contributed by atoms with Gasteiger partial charge in [0.25, 0.3) is 16.8 Å². The Morgan fingerprint density at radius 1 is 0.900 bits per heavy atom. The Morgan fingerprint density at radius 3 is 2.00 bits per heavy atom. The van der Waals surface area contributed by atoms with E-state index in [0.29, 0.717) is 28.9 Å². The van der Waals surface area contributed by atoms with E-state index in [1.165, 1.54) is 31.7 Å².